The molecule has 20 heavy (non-hydrogen) atoms. The Kier molecular flexibility index (Phi) is 5.26. The first-order valence-corrected chi connectivity index (χ1v) is 7.24. The van der Waals surface area contributed by atoms with Gasteiger partial charge in [-0.15, -0.1) is 0 Å². The Bertz CT molecular complexity index is 586. The molecule has 1 N–H and O–H groups in total. The molecule has 1 unspecified atom stereocenters. The van der Waals surface area contributed by atoms with Crippen LogP contribution in [0.15, 0.2) is 46.9 Å². The monoisotopic (exact) mass is 339 g/mol. The quantitative estimate of drug-likeness (QED) is 0.857. The number of hydrogen-bond donors (Lipinski definition) is 1. The van der Waals surface area contributed by atoms with E-state index in [1.807, 2.05) is 31.3 Å². The van der Waals surface area contributed by atoms with Crippen LogP contribution in [0.5, 0.6) is 0 Å². The molecular formula is C16H16BrF2N. The second kappa shape index (κ2) is 6.95. The number of nitrogens with one attached hydrogen (secondary N) is 1. The van der Waals surface area contributed by atoms with E-state index in [9.17, 15) is 8.78 Å². The fourth-order valence-electron chi connectivity index (χ4n) is 2.31. The van der Waals surface area contributed by atoms with Gasteiger partial charge in [-0.2, -0.15) is 0 Å². The zero-order valence-electron chi connectivity index (χ0n) is 11.2. The van der Waals surface area contributed by atoms with Crippen molar-refractivity contribution in [2.75, 3.05) is 13.6 Å². The topological polar surface area (TPSA) is 12.0 Å². The Morgan fingerprint density at radius 3 is 2.60 bits per heavy atom. The van der Waals surface area contributed by atoms with Crippen molar-refractivity contribution in [3.8, 4) is 0 Å². The van der Waals surface area contributed by atoms with Gasteiger partial charge >= 0.3 is 0 Å². The van der Waals surface area contributed by atoms with Crippen LogP contribution in [0, 0.1) is 11.6 Å². The Balaban J connectivity index is 2.30. The summed E-state index contributed by atoms with van der Waals surface area (Å²) in [5.41, 5.74) is 1.49. The van der Waals surface area contributed by atoms with Crippen LogP contribution in [0.3, 0.4) is 0 Å². The molecule has 0 bridgehead atoms. The van der Waals surface area contributed by atoms with E-state index >= 15 is 0 Å². The third-order valence-corrected chi connectivity index (χ3v) is 3.99. The first-order valence-electron chi connectivity index (χ1n) is 6.44. The van der Waals surface area contributed by atoms with Gasteiger partial charge in [-0.25, -0.2) is 8.78 Å². The molecule has 4 heteroatoms. The summed E-state index contributed by atoms with van der Waals surface area (Å²) < 4.78 is 28.0. The number of likely N-dealkylation sites (N-methyl/N-ethyl adjacent to an activating group) is 1. The van der Waals surface area contributed by atoms with Crippen LogP contribution >= 0.6 is 15.9 Å². The molecule has 0 saturated heterocycles. The SMILES string of the molecule is CNCC(Cc1cc(F)ccc1F)c1ccccc1Br. The normalized spacial score (nSPS) is 12.4. The van der Waals surface area contributed by atoms with Gasteiger partial charge < -0.3 is 5.32 Å². The van der Waals surface area contributed by atoms with Gasteiger partial charge in [0.05, 0.1) is 0 Å². The van der Waals surface area contributed by atoms with Gasteiger partial charge in [-0.3, -0.25) is 0 Å². The molecule has 0 heterocycles. The van der Waals surface area contributed by atoms with E-state index in [1.54, 1.807) is 0 Å². The van der Waals surface area contributed by atoms with Crippen molar-refractivity contribution in [1.29, 1.82) is 0 Å². The van der Waals surface area contributed by atoms with Gasteiger partial charge in [0, 0.05) is 16.9 Å². The van der Waals surface area contributed by atoms with Crippen LogP contribution in [0.1, 0.15) is 17.0 Å². The van der Waals surface area contributed by atoms with Crippen molar-refractivity contribution in [2.45, 2.75) is 12.3 Å². The summed E-state index contributed by atoms with van der Waals surface area (Å²) >= 11 is 3.52. The summed E-state index contributed by atoms with van der Waals surface area (Å²) in [6.45, 7) is 0.693. The highest BCUT2D eigenvalue weighted by Gasteiger charge is 2.16. The van der Waals surface area contributed by atoms with E-state index in [2.05, 4.69) is 21.2 Å². The van der Waals surface area contributed by atoms with Crippen molar-refractivity contribution in [2.24, 2.45) is 0 Å². The number of hydrogen-bond acceptors (Lipinski definition) is 1. The average molecular weight is 340 g/mol. The molecule has 2 aromatic carbocycles. The van der Waals surface area contributed by atoms with Gasteiger partial charge in [0.1, 0.15) is 11.6 Å². The highest BCUT2D eigenvalue weighted by atomic mass is 79.9. The zero-order chi connectivity index (χ0) is 14.5. The lowest BCUT2D eigenvalue weighted by Gasteiger charge is -2.19. The Morgan fingerprint density at radius 2 is 1.90 bits per heavy atom. The smallest absolute Gasteiger partial charge is 0.126 e. The summed E-state index contributed by atoms with van der Waals surface area (Å²) in [6, 6.07) is 11.4. The molecule has 0 aliphatic heterocycles. The minimum atomic E-state index is -0.406. The molecule has 1 atom stereocenters. The summed E-state index contributed by atoms with van der Waals surface area (Å²) in [5, 5.41) is 3.11. The molecule has 0 radical (unpaired) electrons. The highest BCUT2D eigenvalue weighted by molar-refractivity contribution is 9.10. The van der Waals surface area contributed by atoms with E-state index in [4.69, 9.17) is 0 Å². The van der Waals surface area contributed by atoms with Gasteiger partial charge in [-0.05, 0) is 48.9 Å². The van der Waals surface area contributed by atoms with E-state index in [1.165, 1.54) is 12.1 Å². The lowest BCUT2D eigenvalue weighted by atomic mass is 9.91. The standard InChI is InChI=1S/C16H16BrF2N/c1-20-10-12(14-4-2-3-5-15(14)17)8-11-9-13(18)6-7-16(11)19/h2-7,9,12,20H,8,10H2,1H3. The molecule has 1 nitrogen and oxygen atoms in total. The van der Waals surface area contributed by atoms with Crippen LogP contribution in [0.25, 0.3) is 0 Å². The van der Waals surface area contributed by atoms with Crippen molar-refractivity contribution in [3.63, 3.8) is 0 Å². The van der Waals surface area contributed by atoms with Crippen LogP contribution in [0.4, 0.5) is 8.78 Å². The summed E-state index contributed by atoms with van der Waals surface area (Å²) in [5.74, 6) is -0.692. The molecular weight excluding hydrogens is 324 g/mol. The molecule has 0 fully saturated rings. The Morgan fingerprint density at radius 1 is 1.15 bits per heavy atom. The maximum absolute atomic E-state index is 13.8. The van der Waals surface area contributed by atoms with E-state index in [0.29, 0.717) is 18.5 Å². The van der Waals surface area contributed by atoms with Gasteiger partial charge in [-0.1, -0.05) is 34.1 Å². The van der Waals surface area contributed by atoms with Crippen molar-refractivity contribution < 1.29 is 8.78 Å². The average Bonchev–Trinajstić information content (AvgIpc) is 2.43. The molecule has 0 saturated carbocycles. The molecule has 0 amide bonds. The lowest BCUT2D eigenvalue weighted by Crippen LogP contribution is -2.20. The van der Waals surface area contributed by atoms with Crippen molar-refractivity contribution in [3.05, 3.63) is 69.7 Å². The molecule has 2 aromatic rings. The van der Waals surface area contributed by atoms with E-state index < -0.39 is 5.82 Å². The molecule has 2 rings (SSSR count). The van der Waals surface area contributed by atoms with Gasteiger partial charge in [0.25, 0.3) is 0 Å². The first kappa shape index (κ1) is 15.1. The maximum atomic E-state index is 13.8. The number of rotatable bonds is 5. The number of halogens is 3. The highest BCUT2D eigenvalue weighted by Crippen LogP contribution is 2.28. The minimum Gasteiger partial charge on any atom is -0.319 e. The van der Waals surface area contributed by atoms with Crippen LogP contribution in [-0.4, -0.2) is 13.6 Å². The van der Waals surface area contributed by atoms with E-state index in [0.717, 1.165) is 16.1 Å². The second-order valence-electron chi connectivity index (χ2n) is 4.72. The number of benzene rings is 2. The molecule has 0 spiro atoms. The molecule has 0 aliphatic carbocycles. The summed E-state index contributed by atoms with van der Waals surface area (Å²) in [4.78, 5) is 0. The largest absolute Gasteiger partial charge is 0.319 e. The zero-order valence-corrected chi connectivity index (χ0v) is 12.8. The predicted molar refractivity (Wildman–Crippen MR) is 80.9 cm³/mol. The Labute approximate surface area is 126 Å². The predicted octanol–water partition coefficient (Wildman–Crippen LogP) is 4.27. The van der Waals surface area contributed by atoms with Crippen LogP contribution in [-0.2, 0) is 6.42 Å². The van der Waals surface area contributed by atoms with Crippen LogP contribution < -0.4 is 5.32 Å². The minimum absolute atomic E-state index is 0.0758. The maximum Gasteiger partial charge on any atom is 0.126 e. The fraction of sp³-hybridized carbons (Fsp3) is 0.250. The van der Waals surface area contributed by atoms with E-state index in [-0.39, 0.29) is 11.7 Å². The fourth-order valence-corrected chi connectivity index (χ4v) is 2.92. The van der Waals surface area contributed by atoms with Gasteiger partial charge in [0.15, 0.2) is 0 Å². The first-order chi connectivity index (χ1) is 9.61. The second-order valence-corrected chi connectivity index (χ2v) is 5.57. The lowest BCUT2D eigenvalue weighted by molar-refractivity contribution is 0.559. The molecule has 0 aliphatic rings. The summed E-state index contributed by atoms with van der Waals surface area (Å²) in [6.07, 6.45) is 0.451. The third kappa shape index (κ3) is 3.64. The molecule has 0 aromatic heterocycles. The van der Waals surface area contributed by atoms with Crippen molar-refractivity contribution >= 4 is 15.9 Å². The summed E-state index contributed by atoms with van der Waals surface area (Å²) in [7, 11) is 1.85. The van der Waals surface area contributed by atoms with Gasteiger partial charge in [0.2, 0.25) is 0 Å². The Hall–Kier alpha value is -1.26. The van der Waals surface area contributed by atoms with Crippen LogP contribution in [0.2, 0.25) is 0 Å². The molecule has 106 valence electrons. The third-order valence-electron chi connectivity index (χ3n) is 3.27. The van der Waals surface area contributed by atoms with Crippen molar-refractivity contribution in [1.82, 2.24) is 5.32 Å².